The number of hydrogen-bond acceptors (Lipinski definition) is 6. The van der Waals surface area contributed by atoms with Gasteiger partial charge < -0.3 is 10.7 Å². The van der Waals surface area contributed by atoms with Gasteiger partial charge in [-0.15, -0.1) is 11.3 Å². The Morgan fingerprint density at radius 3 is 2.94 bits per heavy atom. The Bertz CT molecular complexity index is 554. The quantitative estimate of drug-likeness (QED) is 0.566. The molecule has 18 heavy (non-hydrogen) atoms. The van der Waals surface area contributed by atoms with Gasteiger partial charge in [0.2, 0.25) is 0 Å². The molecule has 6 nitrogen and oxygen atoms in total. The average Bonchev–Trinajstić information content (AvgIpc) is 2.82. The summed E-state index contributed by atoms with van der Waals surface area (Å²) in [6.07, 6.45) is 2.84. The molecule has 2 rings (SSSR count). The third-order valence-electron chi connectivity index (χ3n) is 2.23. The number of carbonyl (C=O) groups excluding carboxylic acids is 1. The molecule has 0 saturated heterocycles. The number of carbonyl (C=O) groups is 1. The highest BCUT2D eigenvalue weighted by atomic mass is 32.1. The lowest BCUT2D eigenvalue weighted by Gasteiger charge is -2.04. The van der Waals surface area contributed by atoms with E-state index in [0.29, 0.717) is 12.4 Å². The fourth-order valence-electron chi connectivity index (χ4n) is 1.38. The summed E-state index contributed by atoms with van der Waals surface area (Å²) in [5, 5.41) is 2.78. The van der Waals surface area contributed by atoms with E-state index >= 15 is 0 Å². The highest BCUT2D eigenvalue weighted by Crippen LogP contribution is 2.14. The Hall–Kier alpha value is -1.99. The van der Waals surface area contributed by atoms with E-state index in [4.69, 9.17) is 5.84 Å². The molecule has 0 atom stereocenters. The fraction of sp³-hybridized carbons (Fsp3) is 0.182. The summed E-state index contributed by atoms with van der Waals surface area (Å²) < 4.78 is 0. The van der Waals surface area contributed by atoms with Crippen molar-refractivity contribution in [3.8, 4) is 0 Å². The summed E-state index contributed by atoms with van der Waals surface area (Å²) >= 11 is 1.65. The van der Waals surface area contributed by atoms with E-state index in [2.05, 4.69) is 20.7 Å². The third kappa shape index (κ3) is 3.02. The van der Waals surface area contributed by atoms with Gasteiger partial charge >= 0.3 is 0 Å². The van der Waals surface area contributed by atoms with Gasteiger partial charge in [-0.1, -0.05) is 0 Å². The molecule has 0 bridgehead atoms. The van der Waals surface area contributed by atoms with Gasteiger partial charge in [-0.05, 0) is 19.1 Å². The zero-order valence-corrected chi connectivity index (χ0v) is 10.6. The summed E-state index contributed by atoms with van der Waals surface area (Å²) in [5.41, 5.74) is 2.58. The smallest absolute Gasteiger partial charge is 0.271 e. The van der Waals surface area contributed by atoms with Crippen LogP contribution in [0.15, 0.2) is 24.5 Å². The minimum Gasteiger partial charge on any atom is -0.346 e. The highest BCUT2D eigenvalue weighted by Gasteiger charge is 2.08. The minimum atomic E-state index is -0.273. The maximum Gasteiger partial charge on any atom is 0.271 e. The molecule has 0 aromatic carbocycles. The van der Waals surface area contributed by atoms with Crippen molar-refractivity contribution in [2.24, 2.45) is 5.84 Å². The molecule has 0 spiro atoms. The maximum atomic E-state index is 11.8. The monoisotopic (exact) mass is 263 g/mol. The lowest BCUT2D eigenvalue weighted by molar-refractivity contribution is 0.0946. The molecular formula is C11H13N5OS. The number of anilines is 1. The van der Waals surface area contributed by atoms with Crippen LogP contribution in [0, 0.1) is 6.92 Å². The number of nitrogen functional groups attached to an aromatic ring is 1. The number of aryl methyl sites for hydroxylation is 1. The summed E-state index contributed by atoms with van der Waals surface area (Å²) in [5.74, 6) is 5.29. The van der Waals surface area contributed by atoms with Crippen molar-refractivity contribution in [1.29, 1.82) is 0 Å². The summed E-state index contributed by atoms with van der Waals surface area (Å²) in [6.45, 7) is 2.51. The van der Waals surface area contributed by atoms with Crippen molar-refractivity contribution in [2.75, 3.05) is 5.43 Å². The number of nitrogens with zero attached hydrogens (tertiary/aromatic N) is 2. The van der Waals surface area contributed by atoms with Crippen molar-refractivity contribution in [3.63, 3.8) is 0 Å². The Labute approximate surface area is 108 Å². The number of hydrazine groups is 1. The van der Waals surface area contributed by atoms with Crippen molar-refractivity contribution in [3.05, 3.63) is 40.0 Å². The number of thiophene rings is 1. The van der Waals surface area contributed by atoms with E-state index < -0.39 is 0 Å². The van der Waals surface area contributed by atoms with Crippen molar-refractivity contribution in [2.45, 2.75) is 13.5 Å². The normalized spacial score (nSPS) is 10.1. The zero-order valence-electron chi connectivity index (χ0n) is 9.80. The number of rotatable bonds is 4. The van der Waals surface area contributed by atoms with E-state index in [0.717, 1.165) is 4.88 Å². The average molecular weight is 263 g/mol. The Morgan fingerprint density at radius 2 is 2.28 bits per heavy atom. The maximum absolute atomic E-state index is 11.8. The standard InChI is InChI=1S/C11H13N5OS/c1-7-2-3-8(18-7)4-14-11(17)9-5-13-6-10(15-9)16-12/h2-3,5-6H,4,12H2,1H3,(H,14,17)(H,15,16). The van der Waals surface area contributed by atoms with Gasteiger partial charge in [-0.2, -0.15) is 0 Å². The van der Waals surface area contributed by atoms with Crippen LogP contribution in [0.4, 0.5) is 5.82 Å². The number of nitrogens with one attached hydrogen (secondary N) is 2. The highest BCUT2D eigenvalue weighted by molar-refractivity contribution is 7.11. The van der Waals surface area contributed by atoms with Gasteiger partial charge in [0.15, 0.2) is 5.82 Å². The van der Waals surface area contributed by atoms with Crippen LogP contribution in [0.25, 0.3) is 0 Å². The van der Waals surface area contributed by atoms with Crippen LogP contribution >= 0.6 is 11.3 Å². The summed E-state index contributed by atoms with van der Waals surface area (Å²) in [7, 11) is 0. The van der Waals surface area contributed by atoms with E-state index in [1.807, 2.05) is 19.1 Å². The van der Waals surface area contributed by atoms with E-state index in [9.17, 15) is 4.79 Å². The molecule has 0 fully saturated rings. The van der Waals surface area contributed by atoms with Crippen LogP contribution in [-0.2, 0) is 6.54 Å². The number of aromatic nitrogens is 2. The second-order valence-corrected chi connectivity index (χ2v) is 5.00. The Kier molecular flexibility index (Phi) is 3.85. The molecular weight excluding hydrogens is 250 g/mol. The first-order chi connectivity index (χ1) is 8.69. The molecule has 0 unspecified atom stereocenters. The van der Waals surface area contributed by atoms with Gasteiger partial charge in [0, 0.05) is 9.75 Å². The van der Waals surface area contributed by atoms with Crippen molar-refractivity contribution >= 4 is 23.1 Å². The van der Waals surface area contributed by atoms with Gasteiger partial charge in [-0.3, -0.25) is 9.78 Å². The van der Waals surface area contributed by atoms with Crippen LogP contribution in [0.3, 0.4) is 0 Å². The molecule has 4 N–H and O–H groups in total. The van der Waals surface area contributed by atoms with E-state index in [1.165, 1.54) is 17.3 Å². The predicted molar refractivity (Wildman–Crippen MR) is 70.1 cm³/mol. The lowest BCUT2D eigenvalue weighted by Crippen LogP contribution is -2.24. The van der Waals surface area contributed by atoms with Gasteiger partial charge in [0.05, 0.1) is 18.9 Å². The molecule has 7 heteroatoms. The molecule has 0 radical (unpaired) electrons. The number of amides is 1. The Balaban J connectivity index is 1.99. The van der Waals surface area contributed by atoms with Crippen molar-refractivity contribution < 1.29 is 4.79 Å². The fourth-order valence-corrected chi connectivity index (χ4v) is 2.21. The van der Waals surface area contributed by atoms with Crippen LogP contribution in [-0.4, -0.2) is 15.9 Å². The molecule has 1 amide bonds. The third-order valence-corrected chi connectivity index (χ3v) is 3.23. The van der Waals surface area contributed by atoms with Crippen LogP contribution < -0.4 is 16.6 Å². The molecule has 2 heterocycles. The van der Waals surface area contributed by atoms with Gasteiger partial charge in [0.1, 0.15) is 5.69 Å². The van der Waals surface area contributed by atoms with Crippen LogP contribution in [0.2, 0.25) is 0 Å². The van der Waals surface area contributed by atoms with Gasteiger partial charge in [0.25, 0.3) is 5.91 Å². The van der Waals surface area contributed by atoms with Crippen LogP contribution in [0.5, 0.6) is 0 Å². The van der Waals surface area contributed by atoms with Gasteiger partial charge in [-0.25, -0.2) is 10.8 Å². The molecule has 2 aromatic rings. The summed E-state index contributed by atoms with van der Waals surface area (Å²) in [4.78, 5) is 22.0. The number of nitrogens with two attached hydrogens (primary N) is 1. The Morgan fingerprint density at radius 1 is 1.44 bits per heavy atom. The largest absolute Gasteiger partial charge is 0.346 e. The molecule has 0 aliphatic carbocycles. The lowest BCUT2D eigenvalue weighted by atomic mass is 10.4. The molecule has 2 aromatic heterocycles. The van der Waals surface area contributed by atoms with E-state index in [-0.39, 0.29) is 11.6 Å². The number of hydrogen-bond donors (Lipinski definition) is 3. The first-order valence-electron chi connectivity index (χ1n) is 5.31. The second-order valence-electron chi connectivity index (χ2n) is 3.63. The molecule has 0 aliphatic rings. The molecule has 0 saturated carbocycles. The molecule has 94 valence electrons. The topological polar surface area (TPSA) is 92.9 Å². The SMILES string of the molecule is Cc1ccc(CNC(=O)c2cncc(NN)n2)s1. The predicted octanol–water partition coefficient (Wildman–Crippen LogP) is 1.06. The summed E-state index contributed by atoms with van der Waals surface area (Å²) in [6, 6.07) is 4.01. The molecule has 0 aliphatic heterocycles. The first kappa shape index (κ1) is 12.5. The second kappa shape index (κ2) is 5.56. The van der Waals surface area contributed by atoms with Crippen molar-refractivity contribution in [1.82, 2.24) is 15.3 Å². The van der Waals surface area contributed by atoms with E-state index in [1.54, 1.807) is 11.3 Å². The first-order valence-corrected chi connectivity index (χ1v) is 6.13. The zero-order chi connectivity index (χ0) is 13.0. The minimum absolute atomic E-state index is 0.235. The van der Waals surface area contributed by atoms with Crippen LogP contribution in [0.1, 0.15) is 20.2 Å².